The summed E-state index contributed by atoms with van der Waals surface area (Å²) < 4.78 is 11.2. The van der Waals surface area contributed by atoms with Crippen molar-refractivity contribution in [1.29, 1.82) is 0 Å². The molecule has 5 heteroatoms. The monoisotopic (exact) mass is 381 g/mol. The van der Waals surface area contributed by atoms with Crippen LogP contribution in [0.1, 0.15) is 11.1 Å². The standard InChI is InChI=1S/C22H20ClNO3/c23-21-9-5-4-8-18(21)14-24-22(25)16-27-20-12-10-19(11-13-20)26-15-17-6-2-1-3-7-17/h1-13H,14-16H2,(H,24,25). The number of rotatable bonds is 8. The number of nitrogens with one attached hydrogen (secondary N) is 1. The number of hydrogen-bond acceptors (Lipinski definition) is 3. The highest BCUT2D eigenvalue weighted by atomic mass is 35.5. The molecular weight excluding hydrogens is 362 g/mol. The Morgan fingerprint density at radius 2 is 1.44 bits per heavy atom. The van der Waals surface area contributed by atoms with Gasteiger partial charge in [-0.1, -0.05) is 60.1 Å². The van der Waals surface area contributed by atoms with Gasteiger partial charge in [-0.25, -0.2) is 0 Å². The minimum Gasteiger partial charge on any atom is -0.489 e. The summed E-state index contributed by atoms with van der Waals surface area (Å²) in [6, 6.07) is 24.5. The predicted molar refractivity (Wildman–Crippen MR) is 106 cm³/mol. The van der Waals surface area contributed by atoms with Crippen molar-refractivity contribution in [3.8, 4) is 11.5 Å². The van der Waals surface area contributed by atoms with E-state index in [0.717, 1.165) is 16.9 Å². The van der Waals surface area contributed by atoms with Crippen molar-refractivity contribution in [2.45, 2.75) is 13.2 Å². The van der Waals surface area contributed by atoms with Gasteiger partial charge in [0.25, 0.3) is 5.91 Å². The lowest BCUT2D eigenvalue weighted by Gasteiger charge is -2.10. The quantitative estimate of drug-likeness (QED) is 0.619. The molecule has 3 aromatic carbocycles. The van der Waals surface area contributed by atoms with E-state index in [9.17, 15) is 4.79 Å². The van der Waals surface area contributed by atoms with Gasteiger partial charge in [0, 0.05) is 11.6 Å². The van der Waals surface area contributed by atoms with E-state index in [1.807, 2.05) is 60.7 Å². The van der Waals surface area contributed by atoms with Gasteiger partial charge in [0.15, 0.2) is 6.61 Å². The van der Waals surface area contributed by atoms with Crippen LogP contribution in [0.4, 0.5) is 0 Å². The smallest absolute Gasteiger partial charge is 0.258 e. The fourth-order valence-corrected chi connectivity index (χ4v) is 2.61. The molecule has 0 aliphatic rings. The summed E-state index contributed by atoms with van der Waals surface area (Å²) in [6.07, 6.45) is 0. The zero-order valence-corrected chi connectivity index (χ0v) is 15.5. The zero-order valence-electron chi connectivity index (χ0n) is 14.7. The summed E-state index contributed by atoms with van der Waals surface area (Å²) in [5.41, 5.74) is 1.97. The Kier molecular flexibility index (Phi) is 6.72. The van der Waals surface area contributed by atoms with Crippen molar-refractivity contribution in [3.63, 3.8) is 0 Å². The number of benzene rings is 3. The Morgan fingerprint density at radius 3 is 2.15 bits per heavy atom. The number of halogens is 1. The van der Waals surface area contributed by atoms with Gasteiger partial charge in [0.05, 0.1) is 0 Å². The summed E-state index contributed by atoms with van der Waals surface area (Å²) in [5, 5.41) is 3.42. The maximum absolute atomic E-state index is 11.9. The minimum atomic E-state index is -0.209. The SMILES string of the molecule is O=C(COc1ccc(OCc2ccccc2)cc1)NCc1ccccc1Cl. The maximum Gasteiger partial charge on any atom is 0.258 e. The largest absolute Gasteiger partial charge is 0.489 e. The molecule has 0 radical (unpaired) electrons. The molecule has 0 atom stereocenters. The number of carbonyl (C=O) groups excluding carboxylic acids is 1. The van der Waals surface area contributed by atoms with Gasteiger partial charge in [-0.15, -0.1) is 0 Å². The van der Waals surface area contributed by atoms with E-state index >= 15 is 0 Å². The van der Waals surface area contributed by atoms with Crippen molar-refractivity contribution >= 4 is 17.5 Å². The van der Waals surface area contributed by atoms with Crippen LogP contribution in [0, 0.1) is 0 Å². The Labute approximate surface area is 163 Å². The maximum atomic E-state index is 11.9. The molecule has 0 aromatic heterocycles. The van der Waals surface area contributed by atoms with Crippen LogP contribution < -0.4 is 14.8 Å². The molecule has 3 aromatic rings. The molecule has 0 fully saturated rings. The lowest BCUT2D eigenvalue weighted by atomic mass is 10.2. The fourth-order valence-electron chi connectivity index (χ4n) is 2.41. The predicted octanol–water partition coefficient (Wildman–Crippen LogP) is 4.61. The van der Waals surface area contributed by atoms with E-state index in [-0.39, 0.29) is 12.5 Å². The van der Waals surface area contributed by atoms with Crippen LogP contribution in [0.2, 0.25) is 5.02 Å². The zero-order chi connectivity index (χ0) is 18.9. The van der Waals surface area contributed by atoms with Crippen LogP contribution in [0.25, 0.3) is 0 Å². The van der Waals surface area contributed by atoms with Crippen molar-refractivity contribution in [2.24, 2.45) is 0 Å². The molecular formula is C22H20ClNO3. The van der Waals surface area contributed by atoms with Crippen molar-refractivity contribution in [2.75, 3.05) is 6.61 Å². The van der Waals surface area contributed by atoms with Gasteiger partial charge >= 0.3 is 0 Å². The third-order valence-corrected chi connectivity index (χ3v) is 4.24. The highest BCUT2D eigenvalue weighted by Gasteiger charge is 2.05. The Balaban J connectivity index is 1.41. The van der Waals surface area contributed by atoms with Gasteiger partial charge in [-0.3, -0.25) is 4.79 Å². The van der Waals surface area contributed by atoms with Crippen molar-refractivity contribution in [3.05, 3.63) is 95.0 Å². The van der Waals surface area contributed by atoms with Crippen LogP contribution in [-0.4, -0.2) is 12.5 Å². The molecule has 27 heavy (non-hydrogen) atoms. The second-order valence-electron chi connectivity index (χ2n) is 5.90. The Morgan fingerprint density at radius 1 is 0.815 bits per heavy atom. The van der Waals surface area contributed by atoms with Crippen molar-refractivity contribution < 1.29 is 14.3 Å². The van der Waals surface area contributed by atoms with E-state index in [1.165, 1.54) is 0 Å². The van der Waals surface area contributed by atoms with Gasteiger partial charge < -0.3 is 14.8 Å². The van der Waals surface area contributed by atoms with Gasteiger partial charge in [0.2, 0.25) is 0 Å². The molecule has 138 valence electrons. The molecule has 3 rings (SSSR count). The number of carbonyl (C=O) groups is 1. The highest BCUT2D eigenvalue weighted by molar-refractivity contribution is 6.31. The molecule has 1 N–H and O–H groups in total. The molecule has 0 saturated carbocycles. The number of amides is 1. The van der Waals surface area contributed by atoms with E-state index in [4.69, 9.17) is 21.1 Å². The first kappa shape index (κ1) is 18.8. The lowest BCUT2D eigenvalue weighted by molar-refractivity contribution is -0.123. The molecule has 1 amide bonds. The van der Waals surface area contributed by atoms with E-state index < -0.39 is 0 Å². The first-order chi connectivity index (χ1) is 13.2. The molecule has 0 spiro atoms. The molecule has 0 saturated heterocycles. The lowest BCUT2D eigenvalue weighted by Crippen LogP contribution is -2.28. The summed E-state index contributed by atoms with van der Waals surface area (Å²) in [6.45, 7) is 0.814. The number of hydrogen-bond donors (Lipinski definition) is 1. The highest BCUT2D eigenvalue weighted by Crippen LogP contribution is 2.19. The molecule has 0 bridgehead atoms. The first-order valence-corrected chi connectivity index (χ1v) is 8.98. The van der Waals surface area contributed by atoms with Crippen LogP contribution in [-0.2, 0) is 17.9 Å². The van der Waals surface area contributed by atoms with Gasteiger partial charge in [0.1, 0.15) is 18.1 Å². The molecule has 4 nitrogen and oxygen atoms in total. The van der Waals surface area contributed by atoms with Crippen LogP contribution in [0.5, 0.6) is 11.5 Å². The van der Waals surface area contributed by atoms with E-state index in [1.54, 1.807) is 18.2 Å². The van der Waals surface area contributed by atoms with E-state index in [0.29, 0.717) is 23.9 Å². The summed E-state index contributed by atoms with van der Waals surface area (Å²) in [5.74, 6) is 1.14. The van der Waals surface area contributed by atoms with Crippen LogP contribution in [0.3, 0.4) is 0 Å². The second-order valence-corrected chi connectivity index (χ2v) is 6.31. The van der Waals surface area contributed by atoms with Gasteiger partial charge in [-0.05, 0) is 41.5 Å². The Bertz CT molecular complexity index is 866. The second kappa shape index (κ2) is 9.64. The van der Waals surface area contributed by atoms with E-state index in [2.05, 4.69) is 5.32 Å². The van der Waals surface area contributed by atoms with Crippen molar-refractivity contribution in [1.82, 2.24) is 5.32 Å². The molecule has 0 heterocycles. The topological polar surface area (TPSA) is 47.6 Å². The normalized spacial score (nSPS) is 10.3. The third kappa shape index (κ3) is 6.04. The summed E-state index contributed by atoms with van der Waals surface area (Å²) >= 11 is 6.07. The average Bonchev–Trinajstić information content (AvgIpc) is 2.71. The number of ether oxygens (including phenoxy) is 2. The minimum absolute atomic E-state index is 0.0608. The molecule has 0 aliphatic heterocycles. The van der Waals surface area contributed by atoms with Crippen LogP contribution >= 0.6 is 11.6 Å². The summed E-state index contributed by atoms with van der Waals surface area (Å²) in [7, 11) is 0. The molecule has 0 unspecified atom stereocenters. The average molecular weight is 382 g/mol. The Hall–Kier alpha value is -2.98. The molecule has 0 aliphatic carbocycles. The third-order valence-electron chi connectivity index (χ3n) is 3.88. The summed E-state index contributed by atoms with van der Waals surface area (Å²) in [4.78, 5) is 11.9. The fraction of sp³-hybridized carbons (Fsp3) is 0.136. The van der Waals surface area contributed by atoms with Crippen LogP contribution in [0.15, 0.2) is 78.9 Å². The first-order valence-electron chi connectivity index (χ1n) is 8.60. The van der Waals surface area contributed by atoms with Gasteiger partial charge in [-0.2, -0.15) is 0 Å².